The Kier molecular flexibility index (Phi) is 3.81. The van der Waals surface area contributed by atoms with Crippen LogP contribution in [-0.4, -0.2) is 15.6 Å². The lowest BCUT2D eigenvalue weighted by molar-refractivity contribution is 0.630. The lowest BCUT2D eigenvalue weighted by Crippen LogP contribution is -2.19. The largest absolute Gasteiger partial charge is 0.297 e. The third kappa shape index (κ3) is 2.55. The summed E-state index contributed by atoms with van der Waals surface area (Å²) in [5.74, 6) is 0. The number of benzene rings is 1. The Balaban J connectivity index is 2.07. The van der Waals surface area contributed by atoms with Gasteiger partial charge in [-0.3, -0.25) is 9.48 Å². The lowest BCUT2D eigenvalue weighted by Gasteiger charge is -2.07. The van der Waals surface area contributed by atoms with E-state index in [0.717, 1.165) is 16.3 Å². The van der Waals surface area contributed by atoms with Crippen LogP contribution in [0.5, 0.6) is 0 Å². The summed E-state index contributed by atoms with van der Waals surface area (Å²) in [5, 5.41) is 0. The van der Waals surface area contributed by atoms with E-state index in [9.17, 15) is 4.79 Å². The van der Waals surface area contributed by atoms with Crippen LogP contribution in [0.1, 0.15) is 15.4 Å². The van der Waals surface area contributed by atoms with E-state index >= 15 is 0 Å². The second-order valence-corrected chi connectivity index (χ2v) is 6.44. The predicted molar refractivity (Wildman–Crippen MR) is 92.1 cm³/mol. The van der Waals surface area contributed by atoms with Crippen LogP contribution < -0.4 is 5.56 Å². The smallest absolute Gasteiger partial charge is 0.283 e. The van der Waals surface area contributed by atoms with Crippen LogP contribution >= 0.6 is 11.3 Å². The van der Waals surface area contributed by atoms with Gasteiger partial charge in [0.15, 0.2) is 5.69 Å². The molecule has 2 heterocycles. The van der Waals surface area contributed by atoms with Crippen LogP contribution in [-0.2, 0) is 7.05 Å². The molecule has 0 aliphatic rings. The summed E-state index contributed by atoms with van der Waals surface area (Å²) >= 11 is 1.66. The van der Waals surface area contributed by atoms with Crippen LogP contribution in [0.4, 0.5) is 5.69 Å². The number of nitrogens with zero attached hydrogens (tertiary/aromatic N) is 3. The van der Waals surface area contributed by atoms with Crippen LogP contribution in [0.15, 0.2) is 52.3 Å². The van der Waals surface area contributed by atoms with Gasteiger partial charge >= 0.3 is 0 Å². The number of thiophene rings is 1. The maximum absolute atomic E-state index is 12.7. The zero-order chi connectivity index (χ0) is 15.7. The van der Waals surface area contributed by atoms with E-state index in [2.05, 4.69) is 11.9 Å². The Morgan fingerprint density at radius 1 is 1.09 bits per heavy atom. The van der Waals surface area contributed by atoms with Crippen molar-refractivity contribution in [1.29, 1.82) is 0 Å². The Labute approximate surface area is 133 Å². The molecule has 0 amide bonds. The normalized spacial score (nSPS) is 11.4. The Morgan fingerprint density at radius 2 is 1.82 bits per heavy atom. The van der Waals surface area contributed by atoms with Gasteiger partial charge in [-0.05, 0) is 38.1 Å². The van der Waals surface area contributed by atoms with Crippen molar-refractivity contribution in [1.82, 2.24) is 9.36 Å². The minimum absolute atomic E-state index is 0.101. The number of hydrogen-bond donors (Lipinski definition) is 0. The van der Waals surface area contributed by atoms with E-state index in [0.29, 0.717) is 5.69 Å². The molecular weight excluding hydrogens is 294 g/mol. The minimum Gasteiger partial charge on any atom is -0.283 e. The molecule has 5 heteroatoms. The fourth-order valence-electron chi connectivity index (χ4n) is 2.35. The monoisotopic (exact) mass is 311 g/mol. The molecule has 0 fully saturated rings. The molecule has 0 N–H and O–H groups in total. The molecule has 3 aromatic rings. The van der Waals surface area contributed by atoms with E-state index < -0.39 is 0 Å². The quantitative estimate of drug-likeness (QED) is 0.681. The Morgan fingerprint density at radius 3 is 2.45 bits per heavy atom. The molecule has 0 atom stereocenters. The Bertz CT molecular complexity index is 885. The molecule has 0 saturated carbocycles. The number of hydrogen-bond acceptors (Lipinski definition) is 3. The molecule has 112 valence electrons. The van der Waals surface area contributed by atoms with Gasteiger partial charge in [-0.1, -0.05) is 18.2 Å². The predicted octanol–water partition coefficient (Wildman–Crippen LogP) is 3.60. The number of rotatable bonds is 3. The van der Waals surface area contributed by atoms with Crippen molar-refractivity contribution < 1.29 is 0 Å². The summed E-state index contributed by atoms with van der Waals surface area (Å²) in [7, 11) is 1.87. The average Bonchev–Trinajstić information content (AvgIpc) is 3.02. The highest BCUT2D eigenvalue weighted by Crippen LogP contribution is 2.18. The lowest BCUT2D eigenvalue weighted by atomic mass is 10.3. The molecule has 0 aliphatic heterocycles. The van der Waals surface area contributed by atoms with Crippen LogP contribution in [0, 0.1) is 13.8 Å². The molecule has 0 aliphatic carbocycles. The van der Waals surface area contributed by atoms with Gasteiger partial charge in [-0.15, -0.1) is 11.3 Å². The van der Waals surface area contributed by atoms with Crippen LogP contribution in [0.2, 0.25) is 0 Å². The molecule has 0 bridgehead atoms. The molecule has 4 nitrogen and oxygen atoms in total. The standard InChI is InChI=1S/C17H17N3OS/c1-12-9-10-15(22-12)11-18-16-13(2)19(3)20(17(16)21)14-7-5-4-6-8-14/h4-11H,1-3H3. The van der Waals surface area contributed by atoms with Gasteiger partial charge in [0.25, 0.3) is 5.56 Å². The first-order valence-electron chi connectivity index (χ1n) is 7.02. The van der Waals surface area contributed by atoms with Gasteiger partial charge in [-0.2, -0.15) is 0 Å². The summed E-state index contributed by atoms with van der Waals surface area (Å²) in [4.78, 5) is 19.4. The van der Waals surface area contributed by atoms with Crippen molar-refractivity contribution >= 4 is 23.2 Å². The summed E-state index contributed by atoms with van der Waals surface area (Å²) < 4.78 is 3.48. The summed E-state index contributed by atoms with van der Waals surface area (Å²) in [6.07, 6.45) is 1.76. The van der Waals surface area contributed by atoms with E-state index in [4.69, 9.17) is 0 Å². The first-order chi connectivity index (χ1) is 10.6. The minimum atomic E-state index is -0.101. The molecule has 1 aromatic carbocycles. The van der Waals surface area contributed by atoms with Crippen molar-refractivity contribution in [2.45, 2.75) is 13.8 Å². The molecular formula is C17H17N3OS. The van der Waals surface area contributed by atoms with E-state index in [1.807, 2.05) is 61.1 Å². The van der Waals surface area contributed by atoms with Crippen molar-refractivity contribution in [3.8, 4) is 5.69 Å². The summed E-state index contributed by atoms with van der Waals surface area (Å²) in [6.45, 7) is 3.96. The van der Waals surface area contributed by atoms with Crippen molar-refractivity contribution in [2.75, 3.05) is 0 Å². The van der Waals surface area contributed by atoms with Gasteiger partial charge in [0.1, 0.15) is 0 Å². The molecule has 2 aromatic heterocycles. The molecule has 0 radical (unpaired) electrons. The van der Waals surface area contributed by atoms with Crippen molar-refractivity contribution in [3.05, 3.63) is 68.3 Å². The van der Waals surface area contributed by atoms with Gasteiger partial charge < -0.3 is 0 Å². The van der Waals surface area contributed by atoms with Gasteiger partial charge in [0.05, 0.1) is 11.4 Å². The number of aryl methyl sites for hydroxylation is 1. The van der Waals surface area contributed by atoms with Crippen molar-refractivity contribution in [2.24, 2.45) is 12.0 Å². The van der Waals surface area contributed by atoms with E-state index in [1.165, 1.54) is 4.88 Å². The second-order valence-electron chi connectivity index (χ2n) is 5.12. The fraction of sp³-hybridized carbons (Fsp3) is 0.176. The zero-order valence-corrected chi connectivity index (χ0v) is 13.6. The van der Waals surface area contributed by atoms with E-state index in [-0.39, 0.29) is 5.56 Å². The number of aromatic nitrogens is 2. The average molecular weight is 311 g/mol. The Hall–Kier alpha value is -2.40. The second kappa shape index (κ2) is 5.77. The maximum Gasteiger partial charge on any atom is 0.297 e. The third-order valence-electron chi connectivity index (χ3n) is 3.61. The number of aliphatic imine (C=N–C) groups is 1. The molecule has 0 saturated heterocycles. The van der Waals surface area contributed by atoms with Gasteiger partial charge in [-0.25, -0.2) is 9.67 Å². The first kappa shape index (κ1) is 14.5. The first-order valence-corrected chi connectivity index (χ1v) is 7.84. The van der Waals surface area contributed by atoms with Crippen LogP contribution in [0.25, 0.3) is 5.69 Å². The fourth-order valence-corrected chi connectivity index (χ4v) is 3.10. The highest BCUT2D eigenvalue weighted by Gasteiger charge is 2.14. The molecule has 3 rings (SSSR count). The van der Waals surface area contributed by atoms with Crippen LogP contribution in [0.3, 0.4) is 0 Å². The maximum atomic E-state index is 12.7. The molecule has 0 spiro atoms. The summed E-state index contributed by atoms with van der Waals surface area (Å²) in [5.41, 5.74) is 2.07. The third-order valence-corrected chi connectivity index (χ3v) is 4.54. The summed E-state index contributed by atoms with van der Waals surface area (Å²) in [6, 6.07) is 13.7. The molecule has 22 heavy (non-hydrogen) atoms. The van der Waals surface area contributed by atoms with Crippen molar-refractivity contribution in [3.63, 3.8) is 0 Å². The highest BCUT2D eigenvalue weighted by molar-refractivity contribution is 7.13. The highest BCUT2D eigenvalue weighted by atomic mass is 32.1. The molecule has 0 unspecified atom stereocenters. The topological polar surface area (TPSA) is 39.3 Å². The van der Waals surface area contributed by atoms with Gasteiger partial charge in [0.2, 0.25) is 0 Å². The SMILES string of the molecule is Cc1ccc(C=Nc2c(C)n(C)n(-c3ccccc3)c2=O)s1. The number of para-hydroxylation sites is 1. The van der Waals surface area contributed by atoms with Gasteiger partial charge in [0, 0.05) is 23.0 Å². The van der Waals surface area contributed by atoms with E-state index in [1.54, 1.807) is 22.2 Å². The zero-order valence-electron chi connectivity index (χ0n) is 12.8.